The lowest BCUT2D eigenvalue weighted by atomic mass is 10.0. The van der Waals surface area contributed by atoms with Crippen LogP contribution in [0.2, 0.25) is 0 Å². The van der Waals surface area contributed by atoms with Gasteiger partial charge in [0.25, 0.3) is 5.69 Å². The highest BCUT2D eigenvalue weighted by molar-refractivity contribution is 5.88. The molecule has 0 radical (unpaired) electrons. The van der Waals surface area contributed by atoms with Crippen LogP contribution in [0.5, 0.6) is 0 Å². The maximum atomic E-state index is 10.7. The van der Waals surface area contributed by atoms with E-state index in [4.69, 9.17) is 5.73 Å². The van der Waals surface area contributed by atoms with E-state index in [1.54, 1.807) is 17.1 Å². The van der Waals surface area contributed by atoms with Crippen molar-refractivity contribution in [2.24, 2.45) is 10.8 Å². The molecule has 0 bridgehead atoms. The zero-order valence-corrected chi connectivity index (χ0v) is 9.54. The normalized spacial score (nSPS) is 19.3. The average molecular weight is 234 g/mol. The number of nitro groups is 1. The van der Waals surface area contributed by atoms with Gasteiger partial charge in [-0.1, -0.05) is 12.1 Å². The Balaban J connectivity index is 2.24. The van der Waals surface area contributed by atoms with Gasteiger partial charge in [-0.2, -0.15) is 5.10 Å². The molecule has 0 saturated heterocycles. The summed E-state index contributed by atoms with van der Waals surface area (Å²) < 4.78 is 0. The molecule has 2 rings (SSSR count). The van der Waals surface area contributed by atoms with Crippen LogP contribution < -0.4 is 5.73 Å². The van der Waals surface area contributed by atoms with Gasteiger partial charge in [0.2, 0.25) is 0 Å². The van der Waals surface area contributed by atoms with Crippen molar-refractivity contribution in [3.63, 3.8) is 0 Å². The van der Waals surface area contributed by atoms with Crippen molar-refractivity contribution in [3.8, 4) is 0 Å². The summed E-state index contributed by atoms with van der Waals surface area (Å²) in [6.45, 7) is 0.426. The molecule has 1 aliphatic rings. The summed E-state index contributed by atoms with van der Waals surface area (Å²) in [7, 11) is 1.85. The molecule has 1 atom stereocenters. The van der Waals surface area contributed by atoms with Crippen molar-refractivity contribution in [1.29, 1.82) is 0 Å². The number of rotatable bonds is 3. The minimum atomic E-state index is -0.386. The first-order chi connectivity index (χ1) is 8.11. The van der Waals surface area contributed by atoms with Gasteiger partial charge in [0.1, 0.15) is 0 Å². The van der Waals surface area contributed by atoms with Gasteiger partial charge in [-0.25, -0.2) is 0 Å². The van der Waals surface area contributed by atoms with E-state index in [1.807, 2.05) is 13.1 Å². The van der Waals surface area contributed by atoms with Crippen LogP contribution in [0, 0.1) is 10.1 Å². The van der Waals surface area contributed by atoms with Crippen molar-refractivity contribution in [3.05, 3.63) is 39.9 Å². The number of nitro benzene ring substituents is 1. The first-order valence-corrected chi connectivity index (χ1v) is 5.35. The predicted molar refractivity (Wildman–Crippen MR) is 64.7 cm³/mol. The molecule has 6 nitrogen and oxygen atoms in total. The quantitative estimate of drug-likeness (QED) is 0.630. The lowest BCUT2D eigenvalue weighted by Gasteiger charge is -2.18. The van der Waals surface area contributed by atoms with Crippen molar-refractivity contribution in [2.75, 3.05) is 13.6 Å². The Morgan fingerprint density at radius 2 is 2.41 bits per heavy atom. The molecule has 1 unspecified atom stereocenters. The van der Waals surface area contributed by atoms with E-state index in [0.29, 0.717) is 6.54 Å². The number of hydrogen-bond donors (Lipinski definition) is 1. The van der Waals surface area contributed by atoms with Gasteiger partial charge in [-0.3, -0.25) is 15.1 Å². The molecule has 2 N–H and O–H groups in total. The molecule has 0 spiro atoms. The molecule has 0 amide bonds. The molecule has 0 saturated carbocycles. The van der Waals surface area contributed by atoms with Gasteiger partial charge in [-0.15, -0.1) is 0 Å². The second kappa shape index (κ2) is 4.50. The number of hydrogen-bond acceptors (Lipinski definition) is 5. The number of nitrogens with two attached hydrogens (primary N) is 1. The van der Waals surface area contributed by atoms with E-state index in [-0.39, 0.29) is 16.7 Å². The van der Waals surface area contributed by atoms with Gasteiger partial charge in [0.15, 0.2) is 0 Å². The van der Waals surface area contributed by atoms with Crippen LogP contribution in [-0.2, 0) is 0 Å². The van der Waals surface area contributed by atoms with Crippen LogP contribution >= 0.6 is 0 Å². The fraction of sp³-hybridized carbons (Fsp3) is 0.364. The minimum Gasteiger partial charge on any atom is -0.325 e. The number of benzene rings is 1. The second-order valence-electron chi connectivity index (χ2n) is 4.02. The molecule has 1 aliphatic heterocycles. The van der Waals surface area contributed by atoms with Gasteiger partial charge in [0, 0.05) is 32.1 Å². The van der Waals surface area contributed by atoms with Gasteiger partial charge >= 0.3 is 0 Å². The second-order valence-corrected chi connectivity index (χ2v) is 4.02. The Morgan fingerprint density at radius 1 is 1.65 bits per heavy atom. The zero-order chi connectivity index (χ0) is 12.4. The van der Waals surface area contributed by atoms with Crippen LogP contribution in [0.3, 0.4) is 0 Å². The highest BCUT2D eigenvalue weighted by Gasteiger charge is 2.25. The van der Waals surface area contributed by atoms with Crippen LogP contribution in [0.4, 0.5) is 5.69 Å². The third-order valence-corrected chi connectivity index (χ3v) is 2.88. The van der Waals surface area contributed by atoms with Crippen LogP contribution in [-0.4, -0.2) is 29.2 Å². The first-order valence-electron chi connectivity index (χ1n) is 5.35. The van der Waals surface area contributed by atoms with E-state index >= 15 is 0 Å². The third-order valence-electron chi connectivity index (χ3n) is 2.88. The first kappa shape index (κ1) is 11.5. The van der Waals surface area contributed by atoms with Crippen molar-refractivity contribution >= 4 is 11.4 Å². The number of nitrogens with zero attached hydrogens (tertiary/aromatic N) is 3. The highest BCUT2D eigenvalue weighted by Crippen LogP contribution is 2.30. The van der Waals surface area contributed by atoms with E-state index in [9.17, 15) is 10.1 Å². The van der Waals surface area contributed by atoms with Gasteiger partial charge < -0.3 is 5.73 Å². The summed E-state index contributed by atoms with van der Waals surface area (Å²) in [6, 6.07) is 6.71. The van der Waals surface area contributed by atoms with Crippen molar-refractivity contribution < 1.29 is 4.92 Å². The van der Waals surface area contributed by atoms with E-state index in [0.717, 1.165) is 17.7 Å². The smallest absolute Gasteiger partial charge is 0.269 e. The molecule has 1 heterocycles. The minimum absolute atomic E-state index is 0.0495. The van der Waals surface area contributed by atoms with E-state index in [1.165, 1.54) is 6.07 Å². The fourth-order valence-electron chi connectivity index (χ4n) is 1.99. The SMILES string of the molecule is CN1N=C(CN)CC1c1cccc([N+](=O)[O-])c1. The maximum Gasteiger partial charge on any atom is 0.269 e. The molecule has 17 heavy (non-hydrogen) atoms. The lowest BCUT2D eigenvalue weighted by molar-refractivity contribution is -0.384. The molecule has 1 aromatic carbocycles. The Kier molecular flexibility index (Phi) is 3.06. The summed E-state index contributed by atoms with van der Waals surface area (Å²) in [6.07, 6.45) is 0.730. The lowest BCUT2D eigenvalue weighted by Crippen LogP contribution is -2.15. The molecule has 90 valence electrons. The monoisotopic (exact) mass is 234 g/mol. The molecule has 0 aromatic heterocycles. The Bertz CT molecular complexity index is 472. The van der Waals surface area contributed by atoms with Crippen molar-refractivity contribution in [1.82, 2.24) is 5.01 Å². The fourth-order valence-corrected chi connectivity index (χ4v) is 1.99. The molecule has 1 aromatic rings. The largest absolute Gasteiger partial charge is 0.325 e. The summed E-state index contributed by atoms with van der Waals surface area (Å²) >= 11 is 0. The molecular weight excluding hydrogens is 220 g/mol. The molecular formula is C11H14N4O2. The average Bonchev–Trinajstić information content (AvgIpc) is 2.71. The van der Waals surface area contributed by atoms with E-state index < -0.39 is 0 Å². The summed E-state index contributed by atoms with van der Waals surface area (Å²) in [5.74, 6) is 0. The molecule has 0 aliphatic carbocycles. The van der Waals surface area contributed by atoms with Crippen LogP contribution in [0.1, 0.15) is 18.0 Å². The van der Waals surface area contributed by atoms with Crippen LogP contribution in [0.15, 0.2) is 29.4 Å². The van der Waals surface area contributed by atoms with E-state index in [2.05, 4.69) is 5.10 Å². The zero-order valence-electron chi connectivity index (χ0n) is 9.54. The number of non-ortho nitro benzene ring substituents is 1. The summed E-state index contributed by atoms with van der Waals surface area (Å²) in [4.78, 5) is 10.3. The Morgan fingerprint density at radius 3 is 3.00 bits per heavy atom. The third kappa shape index (κ3) is 2.26. The summed E-state index contributed by atoms with van der Waals surface area (Å²) in [5, 5.41) is 16.8. The van der Waals surface area contributed by atoms with Crippen molar-refractivity contribution in [2.45, 2.75) is 12.5 Å². The standard InChI is InChI=1S/C11H14N4O2/c1-14-11(6-9(7-12)13-14)8-3-2-4-10(5-8)15(16)17/h2-5,11H,6-7,12H2,1H3. The number of hydrazone groups is 1. The topological polar surface area (TPSA) is 84.8 Å². The summed E-state index contributed by atoms with van der Waals surface area (Å²) in [5.41, 5.74) is 7.47. The Hall–Kier alpha value is -1.95. The maximum absolute atomic E-state index is 10.7. The highest BCUT2D eigenvalue weighted by atomic mass is 16.6. The van der Waals surface area contributed by atoms with Gasteiger partial charge in [0.05, 0.1) is 16.7 Å². The van der Waals surface area contributed by atoms with Gasteiger partial charge in [-0.05, 0) is 5.56 Å². The molecule has 6 heteroatoms. The predicted octanol–water partition coefficient (Wildman–Crippen LogP) is 1.29. The molecule has 0 fully saturated rings. The van der Waals surface area contributed by atoms with Crippen LogP contribution in [0.25, 0.3) is 0 Å². The Labute approximate surface area is 98.9 Å².